The van der Waals surface area contributed by atoms with Gasteiger partial charge in [0.15, 0.2) is 24.8 Å². The fourth-order valence-electron chi connectivity index (χ4n) is 6.83. The van der Waals surface area contributed by atoms with Crippen molar-refractivity contribution in [2.75, 3.05) is 0 Å². The molecule has 3 aromatic rings. The van der Waals surface area contributed by atoms with Crippen LogP contribution in [0.15, 0.2) is 106 Å². The normalized spacial score (nSPS) is 26.5. The van der Waals surface area contributed by atoms with Crippen LogP contribution in [0.3, 0.4) is 0 Å². The predicted molar refractivity (Wildman–Crippen MR) is 141 cm³/mol. The number of rotatable bonds is 6. The standard InChI is InChI=1S/C18H15S.C12H18F2O3S/c1-4-10-16(11-5-1)19(17-12-6-2-7-13-17)18-14-8-3-9-15-18;13-12(14,18(15,16)17)6-11-9-2-7-1-8(4-9)5-10(11)3-7/h1-15H;7-11H,1-6H2,(H,15,16,17)/q+1;/p-1. The molecule has 7 heteroatoms. The first-order valence-corrected chi connectivity index (χ1v) is 15.6. The van der Waals surface area contributed by atoms with Crippen LogP contribution in [0.5, 0.6) is 0 Å². The molecule has 0 amide bonds. The highest BCUT2D eigenvalue weighted by atomic mass is 32.2. The van der Waals surface area contributed by atoms with E-state index >= 15 is 0 Å². The monoisotopic (exact) mass is 542 g/mol. The maximum Gasteiger partial charge on any atom is 0.334 e. The molecular weight excluding hydrogens is 510 g/mol. The average Bonchev–Trinajstić information content (AvgIpc) is 2.88. The molecule has 4 bridgehead atoms. The van der Waals surface area contributed by atoms with E-state index in [-0.39, 0.29) is 28.6 Å². The summed E-state index contributed by atoms with van der Waals surface area (Å²) in [5, 5.41) is -4.09. The molecule has 0 heterocycles. The molecule has 37 heavy (non-hydrogen) atoms. The number of halogens is 2. The van der Waals surface area contributed by atoms with E-state index in [0.717, 1.165) is 25.7 Å². The molecule has 0 N–H and O–H groups in total. The van der Waals surface area contributed by atoms with Crippen LogP contribution in [0.2, 0.25) is 0 Å². The Kier molecular flexibility index (Phi) is 7.75. The molecule has 0 aromatic heterocycles. The van der Waals surface area contributed by atoms with Crippen molar-refractivity contribution < 1.29 is 21.8 Å². The Morgan fingerprint density at radius 2 is 1.03 bits per heavy atom. The van der Waals surface area contributed by atoms with Crippen molar-refractivity contribution in [1.29, 1.82) is 0 Å². The number of hydrogen-bond acceptors (Lipinski definition) is 3. The zero-order valence-electron chi connectivity index (χ0n) is 20.6. The summed E-state index contributed by atoms with van der Waals surface area (Å²) in [5.41, 5.74) is 0. The highest BCUT2D eigenvalue weighted by Gasteiger charge is 2.52. The highest BCUT2D eigenvalue weighted by Crippen LogP contribution is 2.58. The Labute approximate surface area is 221 Å². The van der Waals surface area contributed by atoms with Gasteiger partial charge in [-0.3, -0.25) is 0 Å². The van der Waals surface area contributed by atoms with E-state index in [1.807, 2.05) is 0 Å². The van der Waals surface area contributed by atoms with Gasteiger partial charge in [-0.1, -0.05) is 54.6 Å². The molecule has 0 unspecified atom stereocenters. The first kappa shape index (κ1) is 26.4. The Morgan fingerprint density at radius 3 is 1.35 bits per heavy atom. The summed E-state index contributed by atoms with van der Waals surface area (Å²) in [6.07, 6.45) is 4.27. The van der Waals surface area contributed by atoms with Gasteiger partial charge in [0.25, 0.3) is 0 Å². The Balaban J connectivity index is 0.000000152. The zero-order valence-corrected chi connectivity index (χ0v) is 22.2. The van der Waals surface area contributed by atoms with Crippen molar-refractivity contribution in [3.8, 4) is 0 Å². The van der Waals surface area contributed by atoms with Gasteiger partial charge in [0.1, 0.15) is 0 Å². The Hall–Kier alpha value is -2.22. The third-order valence-corrected chi connectivity index (χ3v) is 11.3. The SMILES string of the molecule is O=S(=O)([O-])C(F)(F)CC1C2CC3CC(C2)CC1C3.c1ccc([S+](c2ccccc2)c2ccccc2)cc1. The third-order valence-electron chi connectivity index (χ3n) is 8.20. The van der Waals surface area contributed by atoms with Gasteiger partial charge in [0.2, 0.25) is 0 Å². The molecule has 4 aliphatic carbocycles. The van der Waals surface area contributed by atoms with Crippen LogP contribution < -0.4 is 0 Å². The maximum absolute atomic E-state index is 13.4. The molecule has 4 aliphatic rings. The van der Waals surface area contributed by atoms with Crippen molar-refractivity contribution in [2.45, 2.75) is 58.5 Å². The molecule has 3 aromatic carbocycles. The fourth-order valence-corrected chi connectivity index (χ4v) is 9.33. The maximum atomic E-state index is 13.4. The molecule has 7 rings (SSSR count). The van der Waals surface area contributed by atoms with Gasteiger partial charge < -0.3 is 4.55 Å². The second-order valence-corrected chi connectivity index (χ2v) is 14.2. The molecule has 0 aliphatic heterocycles. The van der Waals surface area contributed by atoms with E-state index in [1.54, 1.807) is 0 Å². The first-order chi connectivity index (χ1) is 17.7. The van der Waals surface area contributed by atoms with Crippen LogP contribution in [-0.2, 0) is 21.0 Å². The lowest BCUT2D eigenvalue weighted by atomic mass is 9.51. The topological polar surface area (TPSA) is 57.2 Å². The van der Waals surface area contributed by atoms with Crippen LogP contribution in [-0.4, -0.2) is 18.2 Å². The Morgan fingerprint density at radius 1 is 0.676 bits per heavy atom. The minimum absolute atomic E-state index is 0.0146. The molecule has 4 fully saturated rings. The van der Waals surface area contributed by atoms with Crippen molar-refractivity contribution in [2.24, 2.45) is 29.6 Å². The second-order valence-electron chi connectivity index (χ2n) is 10.6. The van der Waals surface area contributed by atoms with Crippen molar-refractivity contribution >= 4 is 21.0 Å². The minimum Gasteiger partial charge on any atom is -0.743 e. The molecule has 0 atom stereocenters. The summed E-state index contributed by atoms with van der Waals surface area (Å²) < 4.78 is 58.7. The summed E-state index contributed by atoms with van der Waals surface area (Å²) in [4.78, 5) is 4.08. The lowest BCUT2D eigenvalue weighted by Gasteiger charge is -2.55. The summed E-state index contributed by atoms with van der Waals surface area (Å²) >= 11 is 0. The van der Waals surface area contributed by atoms with Gasteiger partial charge in [0, 0.05) is 6.42 Å². The fraction of sp³-hybridized carbons (Fsp3) is 0.400. The van der Waals surface area contributed by atoms with Crippen LogP contribution in [0, 0.1) is 29.6 Å². The third kappa shape index (κ3) is 5.94. The largest absolute Gasteiger partial charge is 0.743 e. The highest BCUT2D eigenvalue weighted by molar-refractivity contribution is 7.97. The van der Waals surface area contributed by atoms with E-state index in [4.69, 9.17) is 0 Å². The lowest BCUT2D eigenvalue weighted by Crippen LogP contribution is -2.47. The van der Waals surface area contributed by atoms with Gasteiger partial charge in [-0.25, -0.2) is 8.42 Å². The molecule has 0 radical (unpaired) electrons. The predicted octanol–water partition coefficient (Wildman–Crippen LogP) is 7.37. The lowest BCUT2D eigenvalue weighted by molar-refractivity contribution is -0.0705. The van der Waals surface area contributed by atoms with Crippen LogP contribution >= 0.6 is 0 Å². The van der Waals surface area contributed by atoms with Gasteiger partial charge >= 0.3 is 5.25 Å². The molecule has 0 saturated heterocycles. The Bertz CT molecular complexity index is 1150. The zero-order chi connectivity index (χ0) is 26.0. The quantitative estimate of drug-likeness (QED) is 0.241. The van der Waals surface area contributed by atoms with Crippen molar-refractivity contribution in [3.63, 3.8) is 0 Å². The molecule has 4 saturated carbocycles. The van der Waals surface area contributed by atoms with Gasteiger partial charge in [-0.2, -0.15) is 8.78 Å². The van der Waals surface area contributed by atoms with E-state index < -0.39 is 21.8 Å². The number of alkyl halides is 2. The smallest absolute Gasteiger partial charge is 0.334 e. The summed E-state index contributed by atoms with van der Waals surface area (Å²) in [7, 11) is -5.53. The van der Waals surface area contributed by atoms with Crippen LogP contribution in [0.4, 0.5) is 8.78 Å². The summed E-state index contributed by atoms with van der Waals surface area (Å²) in [5.74, 6) is 1.47. The van der Waals surface area contributed by atoms with Gasteiger partial charge in [-0.05, 0) is 98.1 Å². The molecule has 196 valence electrons. The van der Waals surface area contributed by atoms with Crippen LogP contribution in [0.25, 0.3) is 0 Å². The van der Waals surface area contributed by atoms with Gasteiger partial charge in [-0.15, -0.1) is 0 Å². The summed E-state index contributed by atoms with van der Waals surface area (Å²) in [6, 6.07) is 32.2. The number of hydrogen-bond donors (Lipinski definition) is 0. The second kappa shape index (κ2) is 10.9. The van der Waals surface area contributed by atoms with E-state index in [2.05, 4.69) is 91.0 Å². The van der Waals surface area contributed by atoms with E-state index in [9.17, 15) is 21.8 Å². The van der Waals surface area contributed by atoms with Crippen LogP contribution in [0.1, 0.15) is 38.5 Å². The van der Waals surface area contributed by atoms with Crippen molar-refractivity contribution in [3.05, 3.63) is 91.0 Å². The minimum atomic E-state index is -5.52. The first-order valence-electron chi connectivity index (χ1n) is 12.9. The van der Waals surface area contributed by atoms with Crippen molar-refractivity contribution in [1.82, 2.24) is 0 Å². The molecular formula is C30H32F2O3S2. The van der Waals surface area contributed by atoms with E-state index in [0.29, 0.717) is 11.8 Å². The molecule has 3 nitrogen and oxygen atoms in total. The molecule has 0 spiro atoms. The average molecular weight is 543 g/mol. The summed E-state index contributed by atoms with van der Waals surface area (Å²) in [6.45, 7) is 0. The van der Waals surface area contributed by atoms with Gasteiger partial charge in [0.05, 0.1) is 10.9 Å². The number of benzene rings is 3. The van der Waals surface area contributed by atoms with E-state index in [1.165, 1.54) is 21.1 Å².